The standard InChI is InChI=1S/C19H13ClFN3O.C19H12N4O/c1-10-13-6-11(9-22)7-14(12-2-3-15(20)16(21)8-12)18(13)24-5-4-23-19(25)17(10)24;20-10-12-1-3-14(4-2-12)16-8-13(11-21)7-15-9-17-19(24)22-5-6-23(17)18(15)16/h2-3,6-8H,4-5H2,1H3,(H,23,25);1-4,7-9H,5-6H2,(H,22,24). The van der Waals surface area contributed by atoms with Crippen molar-refractivity contribution in [1.29, 1.82) is 15.8 Å². The van der Waals surface area contributed by atoms with Crippen LogP contribution in [0.5, 0.6) is 0 Å². The van der Waals surface area contributed by atoms with Gasteiger partial charge >= 0.3 is 0 Å². The Hall–Kier alpha value is -6.41. The monoisotopic (exact) mass is 665 g/mol. The van der Waals surface area contributed by atoms with Gasteiger partial charge in [0.2, 0.25) is 0 Å². The Kier molecular flexibility index (Phi) is 7.84. The van der Waals surface area contributed by atoms with E-state index in [2.05, 4.69) is 28.8 Å². The number of nitrogens with one attached hydrogen (secondary N) is 2. The number of nitriles is 3. The molecule has 2 aliphatic heterocycles. The summed E-state index contributed by atoms with van der Waals surface area (Å²) >= 11 is 5.80. The first kappa shape index (κ1) is 31.2. The average Bonchev–Trinajstić information content (AvgIpc) is 3.65. The average molecular weight is 666 g/mol. The van der Waals surface area contributed by atoms with Crippen LogP contribution in [-0.4, -0.2) is 34.0 Å². The van der Waals surface area contributed by atoms with Gasteiger partial charge in [-0.25, -0.2) is 4.39 Å². The minimum absolute atomic E-state index is 0.0455. The third-order valence-electron chi connectivity index (χ3n) is 8.90. The van der Waals surface area contributed by atoms with E-state index in [1.165, 1.54) is 12.1 Å². The molecule has 0 saturated carbocycles. The highest BCUT2D eigenvalue weighted by atomic mass is 35.5. The maximum absolute atomic E-state index is 14.0. The molecule has 49 heavy (non-hydrogen) atoms. The van der Waals surface area contributed by atoms with Crippen LogP contribution in [0.25, 0.3) is 44.1 Å². The molecule has 4 heterocycles. The number of nitrogens with zero attached hydrogens (tertiary/aromatic N) is 5. The molecule has 2 aromatic heterocycles. The van der Waals surface area contributed by atoms with Gasteiger partial charge in [0.1, 0.15) is 17.2 Å². The number of halogens is 2. The lowest BCUT2D eigenvalue weighted by Crippen LogP contribution is -2.35. The van der Waals surface area contributed by atoms with Crippen molar-refractivity contribution in [2.45, 2.75) is 20.0 Å². The minimum atomic E-state index is -0.519. The predicted octanol–water partition coefficient (Wildman–Crippen LogP) is 6.82. The number of rotatable bonds is 2. The molecule has 0 radical (unpaired) electrons. The van der Waals surface area contributed by atoms with Gasteiger partial charge in [-0.2, -0.15) is 15.8 Å². The van der Waals surface area contributed by atoms with Crippen molar-refractivity contribution in [3.05, 3.63) is 117 Å². The molecular weight excluding hydrogens is 641 g/mol. The van der Waals surface area contributed by atoms with Gasteiger partial charge in [-0.05, 0) is 78.2 Å². The molecule has 0 fully saturated rings. The zero-order chi connectivity index (χ0) is 34.4. The second kappa shape index (κ2) is 12.3. The summed E-state index contributed by atoms with van der Waals surface area (Å²) in [7, 11) is 0. The van der Waals surface area contributed by atoms with Crippen molar-refractivity contribution < 1.29 is 14.0 Å². The Labute approximate surface area is 285 Å². The Morgan fingerprint density at radius 3 is 2.00 bits per heavy atom. The molecule has 4 aromatic carbocycles. The van der Waals surface area contributed by atoms with Crippen LogP contribution in [-0.2, 0) is 13.1 Å². The summed E-state index contributed by atoms with van der Waals surface area (Å²) < 4.78 is 17.9. The van der Waals surface area contributed by atoms with Crippen LogP contribution in [0.3, 0.4) is 0 Å². The van der Waals surface area contributed by atoms with Gasteiger partial charge in [0.05, 0.1) is 51.0 Å². The number of aromatic nitrogens is 2. The minimum Gasteiger partial charge on any atom is -0.349 e. The van der Waals surface area contributed by atoms with E-state index >= 15 is 0 Å². The van der Waals surface area contributed by atoms with Crippen molar-refractivity contribution in [2.24, 2.45) is 0 Å². The molecule has 238 valence electrons. The lowest BCUT2D eigenvalue weighted by molar-refractivity contribution is 0.0920. The Bertz CT molecular complexity index is 2510. The molecule has 0 spiro atoms. The first-order chi connectivity index (χ1) is 23.7. The third-order valence-corrected chi connectivity index (χ3v) is 9.21. The predicted molar refractivity (Wildman–Crippen MR) is 183 cm³/mol. The van der Waals surface area contributed by atoms with E-state index in [1.807, 2.05) is 40.3 Å². The molecule has 0 unspecified atom stereocenters. The van der Waals surface area contributed by atoms with Gasteiger partial charge in [0.15, 0.2) is 0 Å². The zero-order valence-corrected chi connectivity index (χ0v) is 26.8. The number of aryl methyl sites for hydroxylation is 1. The Balaban J connectivity index is 0.000000154. The number of hydrogen-bond acceptors (Lipinski definition) is 5. The van der Waals surface area contributed by atoms with Crippen LogP contribution in [0.2, 0.25) is 5.02 Å². The molecule has 6 aromatic rings. The number of hydrogen-bond donors (Lipinski definition) is 2. The molecule has 2 N–H and O–H groups in total. The Morgan fingerprint density at radius 1 is 0.714 bits per heavy atom. The van der Waals surface area contributed by atoms with E-state index in [4.69, 9.17) is 16.9 Å². The summed E-state index contributed by atoms with van der Waals surface area (Å²) in [5, 5.41) is 35.1. The first-order valence-electron chi connectivity index (χ1n) is 15.4. The third kappa shape index (κ3) is 5.33. The molecule has 2 aliphatic rings. The molecule has 8 rings (SSSR count). The van der Waals surface area contributed by atoms with Crippen molar-refractivity contribution in [3.63, 3.8) is 0 Å². The second-order valence-corrected chi connectivity index (χ2v) is 12.1. The van der Waals surface area contributed by atoms with E-state index in [0.29, 0.717) is 65.4 Å². The van der Waals surface area contributed by atoms with Crippen molar-refractivity contribution in [3.8, 4) is 40.5 Å². The number of carbonyl (C=O) groups is 2. The summed E-state index contributed by atoms with van der Waals surface area (Å²) in [4.78, 5) is 24.4. The van der Waals surface area contributed by atoms with Crippen LogP contribution in [0, 0.1) is 46.7 Å². The highest BCUT2D eigenvalue weighted by Crippen LogP contribution is 2.37. The normalized spacial score (nSPS) is 13.2. The molecule has 9 nitrogen and oxygen atoms in total. The van der Waals surface area contributed by atoms with Crippen LogP contribution >= 0.6 is 11.6 Å². The highest BCUT2D eigenvalue weighted by Gasteiger charge is 2.26. The van der Waals surface area contributed by atoms with Gasteiger partial charge in [0.25, 0.3) is 11.8 Å². The van der Waals surface area contributed by atoms with E-state index in [0.717, 1.165) is 38.5 Å². The lowest BCUT2D eigenvalue weighted by Gasteiger charge is -2.18. The van der Waals surface area contributed by atoms with Crippen LogP contribution in [0.15, 0.2) is 72.8 Å². The fourth-order valence-corrected chi connectivity index (χ4v) is 6.82. The maximum Gasteiger partial charge on any atom is 0.268 e. The van der Waals surface area contributed by atoms with E-state index in [1.54, 1.807) is 36.4 Å². The summed E-state index contributed by atoms with van der Waals surface area (Å²) in [6.45, 7) is 4.30. The second-order valence-electron chi connectivity index (χ2n) is 11.7. The molecular formula is C38H25ClFN7O2. The molecule has 0 atom stereocenters. The molecule has 2 amide bonds. The fraction of sp³-hybridized carbons (Fsp3) is 0.132. The Morgan fingerprint density at radius 2 is 1.33 bits per heavy atom. The molecule has 11 heteroatoms. The van der Waals surface area contributed by atoms with Crippen molar-refractivity contribution in [1.82, 2.24) is 19.8 Å². The summed E-state index contributed by atoms with van der Waals surface area (Å²) in [6, 6.07) is 27.2. The van der Waals surface area contributed by atoms with Gasteiger partial charge in [-0.15, -0.1) is 0 Å². The van der Waals surface area contributed by atoms with Crippen LogP contribution in [0.4, 0.5) is 4.39 Å². The number of benzene rings is 4. The topological polar surface area (TPSA) is 139 Å². The van der Waals surface area contributed by atoms with Crippen molar-refractivity contribution >= 4 is 45.2 Å². The highest BCUT2D eigenvalue weighted by molar-refractivity contribution is 6.30. The van der Waals surface area contributed by atoms with E-state index in [9.17, 15) is 24.5 Å². The summed E-state index contributed by atoms with van der Waals surface area (Å²) in [5.74, 6) is -0.747. The largest absolute Gasteiger partial charge is 0.349 e. The zero-order valence-electron chi connectivity index (χ0n) is 26.1. The van der Waals surface area contributed by atoms with Gasteiger partial charge in [-0.3, -0.25) is 9.59 Å². The van der Waals surface area contributed by atoms with Gasteiger partial charge in [-0.1, -0.05) is 29.8 Å². The summed E-state index contributed by atoms with van der Waals surface area (Å²) in [5.41, 5.74) is 8.55. The fourth-order valence-electron chi connectivity index (χ4n) is 6.70. The van der Waals surface area contributed by atoms with Gasteiger partial charge < -0.3 is 19.8 Å². The van der Waals surface area contributed by atoms with Crippen LogP contribution < -0.4 is 10.6 Å². The SMILES string of the molecule is Cc1c2n(c3c(-c4ccc(Cl)c(F)c4)cc(C#N)cc13)CCNC2=O.N#Cc1ccc(-c2cc(C#N)cc3cc4n(c23)CCNC4=O)cc1. The van der Waals surface area contributed by atoms with Crippen molar-refractivity contribution in [2.75, 3.05) is 13.1 Å². The molecule has 0 bridgehead atoms. The van der Waals surface area contributed by atoms with Crippen LogP contribution in [0.1, 0.15) is 43.2 Å². The van der Waals surface area contributed by atoms with E-state index in [-0.39, 0.29) is 16.8 Å². The number of carbonyl (C=O) groups excluding carboxylic acids is 2. The molecule has 0 aliphatic carbocycles. The lowest BCUT2D eigenvalue weighted by atomic mass is 9.98. The number of amides is 2. The maximum atomic E-state index is 14.0. The number of fused-ring (bicyclic) bond motifs is 6. The molecule has 0 saturated heterocycles. The summed E-state index contributed by atoms with van der Waals surface area (Å²) in [6.07, 6.45) is 0. The van der Waals surface area contributed by atoms with Gasteiger partial charge in [0, 0.05) is 48.1 Å². The quantitative estimate of drug-likeness (QED) is 0.209. The smallest absolute Gasteiger partial charge is 0.268 e. The first-order valence-corrected chi connectivity index (χ1v) is 15.8. The van der Waals surface area contributed by atoms with E-state index < -0.39 is 5.82 Å².